The van der Waals surface area contributed by atoms with Crippen LogP contribution in [0.5, 0.6) is 0 Å². The van der Waals surface area contributed by atoms with Gasteiger partial charge < -0.3 is 4.52 Å². The summed E-state index contributed by atoms with van der Waals surface area (Å²) in [5.41, 5.74) is 1.26. The topological polar surface area (TPSA) is 15.7 Å². The van der Waals surface area contributed by atoms with Gasteiger partial charge in [0.05, 0.1) is 6.61 Å². The highest BCUT2D eigenvalue weighted by Gasteiger charge is 2.31. The van der Waals surface area contributed by atoms with Crippen LogP contribution in [0.15, 0.2) is 30.3 Å². The summed E-state index contributed by atoms with van der Waals surface area (Å²) >= 11 is 0. The molecule has 0 saturated heterocycles. The van der Waals surface area contributed by atoms with Crippen LogP contribution in [0.3, 0.4) is 0 Å². The van der Waals surface area contributed by atoms with Crippen LogP contribution in [0.4, 0.5) is 0 Å². The van der Waals surface area contributed by atoms with Gasteiger partial charge in [0, 0.05) is 25.2 Å². The first-order chi connectivity index (χ1) is 12.1. The molecule has 0 aliphatic rings. The van der Waals surface area contributed by atoms with Crippen LogP contribution in [0.25, 0.3) is 0 Å². The van der Waals surface area contributed by atoms with Crippen molar-refractivity contribution in [2.75, 3.05) is 13.1 Å². The van der Waals surface area contributed by atoms with Crippen molar-refractivity contribution in [1.29, 1.82) is 0 Å². The first-order valence-corrected chi connectivity index (χ1v) is 11.2. The standard InChI is InChI=1S/C21H39N2OP/c1-7-16-22(19(5)9-3)25(23(17-8-2)20(6)10-4)24-18-21-14-12-11-13-15-21/h11-15,19-20H,7-10,16-18H2,1-6H3. The minimum atomic E-state index is -0.747. The molecule has 1 aromatic rings. The van der Waals surface area contributed by atoms with Crippen molar-refractivity contribution in [2.24, 2.45) is 0 Å². The molecule has 0 aliphatic carbocycles. The van der Waals surface area contributed by atoms with Crippen LogP contribution in [0, 0.1) is 0 Å². The van der Waals surface area contributed by atoms with Crippen LogP contribution in [0.2, 0.25) is 0 Å². The van der Waals surface area contributed by atoms with Gasteiger partial charge in [-0.05, 0) is 45.1 Å². The van der Waals surface area contributed by atoms with Gasteiger partial charge in [-0.25, -0.2) is 9.34 Å². The third-order valence-electron chi connectivity index (χ3n) is 4.73. The molecule has 1 rings (SSSR count). The lowest BCUT2D eigenvalue weighted by Gasteiger charge is -2.43. The molecule has 2 unspecified atom stereocenters. The molecule has 3 nitrogen and oxygen atoms in total. The lowest BCUT2D eigenvalue weighted by molar-refractivity contribution is 0.202. The smallest absolute Gasteiger partial charge is 0.188 e. The van der Waals surface area contributed by atoms with E-state index in [0.717, 1.165) is 25.9 Å². The Labute approximate surface area is 157 Å². The molecule has 0 heterocycles. The summed E-state index contributed by atoms with van der Waals surface area (Å²) in [5.74, 6) is 0. The van der Waals surface area contributed by atoms with Crippen LogP contribution in [0.1, 0.15) is 72.8 Å². The molecule has 0 aromatic heterocycles. The zero-order valence-corrected chi connectivity index (χ0v) is 18.1. The van der Waals surface area contributed by atoms with E-state index in [2.05, 4.69) is 81.2 Å². The fraction of sp³-hybridized carbons (Fsp3) is 0.714. The van der Waals surface area contributed by atoms with Gasteiger partial charge in [-0.3, -0.25) is 0 Å². The summed E-state index contributed by atoms with van der Waals surface area (Å²) in [6.07, 6.45) is 4.65. The summed E-state index contributed by atoms with van der Waals surface area (Å²) in [4.78, 5) is 0. The monoisotopic (exact) mass is 366 g/mol. The van der Waals surface area contributed by atoms with Gasteiger partial charge in [-0.15, -0.1) is 0 Å². The molecule has 0 N–H and O–H groups in total. The average Bonchev–Trinajstić information content (AvgIpc) is 2.65. The quantitative estimate of drug-likeness (QED) is 0.373. The number of benzene rings is 1. The largest absolute Gasteiger partial charge is 0.326 e. The number of rotatable bonds is 13. The molecule has 25 heavy (non-hydrogen) atoms. The Morgan fingerprint density at radius 3 is 1.72 bits per heavy atom. The normalized spacial score (nSPS) is 15.5. The predicted octanol–water partition coefficient (Wildman–Crippen LogP) is 6.45. The van der Waals surface area contributed by atoms with Gasteiger partial charge in [0.2, 0.25) is 0 Å². The lowest BCUT2D eigenvalue weighted by atomic mass is 10.2. The summed E-state index contributed by atoms with van der Waals surface area (Å²) in [6.45, 7) is 16.7. The molecule has 0 aliphatic heterocycles. The zero-order chi connectivity index (χ0) is 18.7. The van der Waals surface area contributed by atoms with Crippen molar-refractivity contribution in [3.8, 4) is 0 Å². The molecular formula is C21H39N2OP. The second kappa shape index (κ2) is 12.8. The Bertz CT molecular complexity index is 423. The Morgan fingerprint density at radius 2 is 1.32 bits per heavy atom. The van der Waals surface area contributed by atoms with Gasteiger partial charge in [0.1, 0.15) is 0 Å². The van der Waals surface area contributed by atoms with E-state index in [4.69, 9.17) is 4.52 Å². The second-order valence-corrected chi connectivity index (χ2v) is 8.64. The fourth-order valence-electron chi connectivity index (χ4n) is 2.83. The molecule has 0 spiro atoms. The Hall–Kier alpha value is -0.470. The van der Waals surface area contributed by atoms with Gasteiger partial charge in [0.15, 0.2) is 8.45 Å². The lowest BCUT2D eigenvalue weighted by Crippen LogP contribution is -2.39. The first-order valence-electron chi connectivity index (χ1n) is 10.1. The van der Waals surface area contributed by atoms with Crippen LogP contribution >= 0.6 is 8.45 Å². The van der Waals surface area contributed by atoms with E-state index in [1.165, 1.54) is 18.4 Å². The molecule has 0 saturated carbocycles. The van der Waals surface area contributed by atoms with Crippen molar-refractivity contribution in [3.63, 3.8) is 0 Å². The number of hydrogen-bond acceptors (Lipinski definition) is 3. The maximum atomic E-state index is 6.62. The molecular weight excluding hydrogens is 327 g/mol. The van der Waals surface area contributed by atoms with E-state index in [1.54, 1.807) is 0 Å². The van der Waals surface area contributed by atoms with Gasteiger partial charge in [-0.1, -0.05) is 58.0 Å². The van der Waals surface area contributed by atoms with Crippen LogP contribution in [-0.4, -0.2) is 34.5 Å². The minimum Gasteiger partial charge on any atom is -0.326 e. The maximum Gasteiger partial charge on any atom is 0.188 e. The van der Waals surface area contributed by atoms with Gasteiger partial charge in [0.25, 0.3) is 0 Å². The van der Waals surface area contributed by atoms with Crippen molar-refractivity contribution >= 4 is 8.45 Å². The minimum absolute atomic E-state index is 0.547. The van der Waals surface area contributed by atoms with E-state index in [0.29, 0.717) is 18.7 Å². The average molecular weight is 367 g/mol. The van der Waals surface area contributed by atoms with Crippen molar-refractivity contribution in [1.82, 2.24) is 9.34 Å². The molecule has 144 valence electrons. The highest BCUT2D eigenvalue weighted by Crippen LogP contribution is 2.49. The molecule has 1 aromatic carbocycles. The fourth-order valence-corrected chi connectivity index (χ4v) is 5.43. The van der Waals surface area contributed by atoms with Gasteiger partial charge >= 0.3 is 0 Å². The van der Waals surface area contributed by atoms with Crippen molar-refractivity contribution < 1.29 is 4.52 Å². The first kappa shape index (κ1) is 22.6. The molecule has 0 bridgehead atoms. The molecule has 0 radical (unpaired) electrons. The van der Waals surface area contributed by atoms with E-state index in [1.807, 2.05) is 0 Å². The maximum absolute atomic E-state index is 6.62. The summed E-state index contributed by atoms with van der Waals surface area (Å²) in [5, 5.41) is 0. The molecule has 0 amide bonds. The summed E-state index contributed by atoms with van der Waals surface area (Å²) < 4.78 is 11.9. The van der Waals surface area contributed by atoms with Gasteiger partial charge in [-0.2, -0.15) is 0 Å². The molecule has 2 atom stereocenters. The molecule has 4 heteroatoms. The Kier molecular flexibility index (Phi) is 11.6. The highest BCUT2D eigenvalue weighted by atomic mass is 31.2. The van der Waals surface area contributed by atoms with Crippen LogP contribution in [-0.2, 0) is 11.1 Å². The van der Waals surface area contributed by atoms with E-state index >= 15 is 0 Å². The zero-order valence-electron chi connectivity index (χ0n) is 17.2. The SMILES string of the molecule is CCCN(C(C)CC)P(OCc1ccccc1)N(CCC)C(C)CC. The van der Waals surface area contributed by atoms with E-state index in [-0.39, 0.29) is 0 Å². The number of hydrogen-bond donors (Lipinski definition) is 0. The third kappa shape index (κ3) is 7.35. The third-order valence-corrected chi connectivity index (χ3v) is 7.16. The van der Waals surface area contributed by atoms with E-state index in [9.17, 15) is 0 Å². The molecule has 0 fully saturated rings. The Balaban J connectivity index is 3.03. The highest BCUT2D eigenvalue weighted by molar-refractivity contribution is 7.47. The Morgan fingerprint density at radius 1 is 0.840 bits per heavy atom. The summed E-state index contributed by atoms with van der Waals surface area (Å²) in [6, 6.07) is 11.7. The van der Waals surface area contributed by atoms with E-state index < -0.39 is 8.45 Å². The summed E-state index contributed by atoms with van der Waals surface area (Å²) in [7, 11) is -0.747. The second-order valence-electron chi connectivity index (χ2n) is 6.85. The van der Waals surface area contributed by atoms with Crippen molar-refractivity contribution in [3.05, 3.63) is 35.9 Å². The predicted molar refractivity (Wildman–Crippen MR) is 112 cm³/mol. The van der Waals surface area contributed by atoms with Crippen molar-refractivity contribution in [2.45, 2.75) is 85.9 Å². The number of nitrogens with zero attached hydrogens (tertiary/aromatic N) is 2. The van der Waals surface area contributed by atoms with Crippen LogP contribution < -0.4 is 0 Å².